The van der Waals surface area contributed by atoms with Crippen LogP contribution in [0, 0.1) is 0 Å². The van der Waals surface area contributed by atoms with Crippen molar-refractivity contribution in [1.82, 2.24) is 0 Å². The molecule has 2 aromatic rings. The Morgan fingerprint density at radius 1 is 1.10 bits per heavy atom. The van der Waals surface area contributed by atoms with Crippen molar-refractivity contribution in [3.63, 3.8) is 0 Å². The highest BCUT2D eigenvalue weighted by Crippen LogP contribution is 2.34. The molecular weight excluding hydrogens is 359 g/mol. The lowest BCUT2D eigenvalue weighted by atomic mass is 10.0. The molecule has 0 radical (unpaired) electrons. The van der Waals surface area contributed by atoms with E-state index >= 15 is 0 Å². The number of fused-ring (bicyclic) bond motifs is 1. The minimum atomic E-state index is 0.255. The van der Waals surface area contributed by atoms with Gasteiger partial charge < -0.3 is 4.74 Å². The van der Waals surface area contributed by atoms with Crippen LogP contribution in [-0.2, 0) is 12.8 Å². The number of rotatable bonds is 3. The van der Waals surface area contributed by atoms with Gasteiger partial charge in [0, 0.05) is 11.2 Å². The fourth-order valence-electron chi connectivity index (χ4n) is 2.39. The van der Waals surface area contributed by atoms with E-state index in [9.17, 15) is 0 Å². The van der Waals surface area contributed by atoms with Gasteiger partial charge in [0.05, 0.1) is 16.7 Å². The van der Waals surface area contributed by atoms with Gasteiger partial charge in [-0.1, -0.05) is 57.3 Å². The monoisotopic (exact) mass is 370 g/mol. The summed E-state index contributed by atoms with van der Waals surface area (Å²) < 4.78 is 5.53. The fraction of sp³-hybridized carbons (Fsp3) is 0.250. The smallest absolute Gasteiger partial charge is 0.122 e. The van der Waals surface area contributed by atoms with E-state index in [1.54, 1.807) is 0 Å². The molecule has 1 aliphatic rings. The summed E-state index contributed by atoms with van der Waals surface area (Å²) in [6, 6.07) is 12.2. The third kappa shape index (κ3) is 2.98. The summed E-state index contributed by atoms with van der Waals surface area (Å²) in [5.41, 5.74) is 3.72. The average molecular weight is 372 g/mol. The van der Waals surface area contributed by atoms with Crippen molar-refractivity contribution in [2.24, 2.45) is 0 Å². The highest BCUT2D eigenvalue weighted by molar-refractivity contribution is 9.09. The Morgan fingerprint density at radius 3 is 2.75 bits per heavy atom. The maximum absolute atomic E-state index is 6.06. The largest absolute Gasteiger partial charge is 0.493 e. The molecule has 2 aromatic carbocycles. The highest BCUT2D eigenvalue weighted by Gasteiger charge is 2.16. The molecule has 0 amide bonds. The Bertz CT molecular complexity index is 642. The van der Waals surface area contributed by atoms with Gasteiger partial charge >= 0.3 is 0 Å². The van der Waals surface area contributed by atoms with Crippen LogP contribution >= 0.6 is 39.1 Å². The summed E-state index contributed by atoms with van der Waals surface area (Å²) in [5.74, 6) is 1.02. The van der Waals surface area contributed by atoms with Crippen LogP contribution in [0.25, 0.3) is 0 Å². The van der Waals surface area contributed by atoms with Gasteiger partial charge in [0.1, 0.15) is 5.75 Å². The maximum Gasteiger partial charge on any atom is 0.122 e. The van der Waals surface area contributed by atoms with Gasteiger partial charge in [0.2, 0.25) is 0 Å². The molecule has 1 aliphatic heterocycles. The number of hydrogen-bond donors (Lipinski definition) is 0. The fourth-order valence-corrected chi connectivity index (χ4v) is 3.37. The van der Waals surface area contributed by atoms with Crippen molar-refractivity contribution in [2.75, 3.05) is 6.61 Å². The van der Waals surface area contributed by atoms with E-state index < -0.39 is 0 Å². The zero-order valence-electron chi connectivity index (χ0n) is 10.7. The normalized spacial score (nSPS) is 14.8. The summed E-state index contributed by atoms with van der Waals surface area (Å²) in [5, 5.41) is 1.20. The minimum Gasteiger partial charge on any atom is -0.493 e. The number of ether oxygens (including phenoxy) is 1. The Labute approximate surface area is 137 Å². The second kappa shape index (κ2) is 5.97. The van der Waals surface area contributed by atoms with Gasteiger partial charge in [-0.15, -0.1) is 0 Å². The summed E-state index contributed by atoms with van der Waals surface area (Å²) >= 11 is 15.8. The van der Waals surface area contributed by atoms with Gasteiger partial charge in [-0.2, -0.15) is 0 Å². The molecule has 0 N–H and O–H groups in total. The molecule has 20 heavy (non-hydrogen) atoms. The van der Waals surface area contributed by atoms with E-state index in [2.05, 4.69) is 34.1 Å². The van der Waals surface area contributed by atoms with E-state index in [0.717, 1.165) is 30.8 Å². The van der Waals surface area contributed by atoms with Crippen LogP contribution in [-0.4, -0.2) is 6.61 Å². The van der Waals surface area contributed by atoms with E-state index in [-0.39, 0.29) is 4.83 Å². The van der Waals surface area contributed by atoms with Gasteiger partial charge in [0.15, 0.2) is 0 Å². The summed E-state index contributed by atoms with van der Waals surface area (Å²) in [7, 11) is 0. The van der Waals surface area contributed by atoms with E-state index in [0.29, 0.717) is 10.0 Å². The third-order valence-corrected chi connectivity index (χ3v) is 5.07. The first-order valence-electron chi connectivity index (χ1n) is 6.47. The molecule has 0 aliphatic carbocycles. The average Bonchev–Trinajstić information content (AvgIpc) is 2.90. The molecule has 1 heterocycles. The first-order chi connectivity index (χ1) is 9.63. The number of benzene rings is 2. The minimum absolute atomic E-state index is 0.255. The second-order valence-electron chi connectivity index (χ2n) is 4.89. The third-order valence-electron chi connectivity index (χ3n) is 3.47. The predicted molar refractivity (Wildman–Crippen MR) is 87.5 cm³/mol. The van der Waals surface area contributed by atoms with Crippen LogP contribution in [0.1, 0.15) is 21.5 Å². The van der Waals surface area contributed by atoms with Crippen molar-refractivity contribution < 1.29 is 4.74 Å². The number of halogens is 3. The summed E-state index contributed by atoms with van der Waals surface area (Å²) in [6.07, 6.45) is 1.87. The van der Waals surface area contributed by atoms with Crippen LogP contribution in [0.3, 0.4) is 0 Å². The first kappa shape index (κ1) is 14.2. The maximum atomic E-state index is 6.06. The topological polar surface area (TPSA) is 9.23 Å². The van der Waals surface area contributed by atoms with Crippen LogP contribution in [0.15, 0.2) is 36.4 Å². The molecule has 1 atom stereocenters. The van der Waals surface area contributed by atoms with Gasteiger partial charge in [0.25, 0.3) is 0 Å². The second-order valence-corrected chi connectivity index (χ2v) is 6.81. The lowest BCUT2D eigenvalue weighted by molar-refractivity contribution is 0.357. The molecule has 104 valence electrons. The van der Waals surface area contributed by atoms with Gasteiger partial charge in [-0.3, -0.25) is 0 Å². The van der Waals surface area contributed by atoms with Crippen molar-refractivity contribution in [1.29, 1.82) is 0 Å². The SMILES string of the molecule is Clc1ccc(CC(Br)c2ccc3c(c2)CCO3)cc1Cl. The Morgan fingerprint density at radius 2 is 1.95 bits per heavy atom. The van der Waals surface area contributed by atoms with Crippen molar-refractivity contribution in [2.45, 2.75) is 17.7 Å². The summed E-state index contributed by atoms with van der Waals surface area (Å²) in [4.78, 5) is 0.255. The Hall–Kier alpha value is -0.700. The molecule has 0 aromatic heterocycles. The molecule has 0 bridgehead atoms. The van der Waals surface area contributed by atoms with Crippen LogP contribution in [0.5, 0.6) is 5.75 Å². The van der Waals surface area contributed by atoms with Crippen LogP contribution in [0.2, 0.25) is 10.0 Å². The standard InChI is InChI=1S/C16H13BrCl2O/c17-13(7-10-1-3-14(18)15(19)8-10)11-2-4-16-12(9-11)5-6-20-16/h1-4,8-9,13H,5-7H2. The molecular formula is C16H13BrCl2O. The molecule has 3 rings (SSSR count). The summed E-state index contributed by atoms with van der Waals surface area (Å²) in [6.45, 7) is 0.790. The molecule has 0 fully saturated rings. The van der Waals surface area contributed by atoms with E-state index in [4.69, 9.17) is 27.9 Å². The first-order valence-corrected chi connectivity index (χ1v) is 8.14. The highest BCUT2D eigenvalue weighted by atomic mass is 79.9. The predicted octanol–water partition coefficient (Wildman–Crippen LogP) is 5.61. The lowest BCUT2D eigenvalue weighted by Crippen LogP contribution is -1.96. The van der Waals surface area contributed by atoms with Crippen LogP contribution < -0.4 is 4.74 Å². The Kier molecular flexibility index (Phi) is 4.25. The molecule has 0 saturated carbocycles. The molecule has 0 spiro atoms. The van der Waals surface area contributed by atoms with Crippen molar-refractivity contribution >= 4 is 39.1 Å². The van der Waals surface area contributed by atoms with Crippen molar-refractivity contribution in [3.8, 4) is 5.75 Å². The zero-order valence-corrected chi connectivity index (χ0v) is 13.8. The molecule has 1 unspecified atom stereocenters. The number of hydrogen-bond acceptors (Lipinski definition) is 1. The number of alkyl halides is 1. The molecule has 0 saturated heterocycles. The quantitative estimate of drug-likeness (QED) is 0.637. The van der Waals surface area contributed by atoms with Gasteiger partial charge in [-0.05, 0) is 41.3 Å². The molecule has 1 nitrogen and oxygen atoms in total. The lowest BCUT2D eigenvalue weighted by Gasteiger charge is -2.12. The molecule has 4 heteroatoms. The zero-order chi connectivity index (χ0) is 14.1. The van der Waals surface area contributed by atoms with E-state index in [1.165, 1.54) is 11.1 Å². The van der Waals surface area contributed by atoms with Gasteiger partial charge in [-0.25, -0.2) is 0 Å². The van der Waals surface area contributed by atoms with Crippen molar-refractivity contribution in [3.05, 3.63) is 63.1 Å². The van der Waals surface area contributed by atoms with Crippen LogP contribution in [0.4, 0.5) is 0 Å². The van der Waals surface area contributed by atoms with E-state index in [1.807, 2.05) is 18.2 Å². The Balaban J connectivity index is 1.78.